The molecule has 1 aliphatic heterocycles. The summed E-state index contributed by atoms with van der Waals surface area (Å²) in [5.74, 6) is -0.0581. The topological polar surface area (TPSA) is 64.0 Å². The van der Waals surface area contributed by atoms with Gasteiger partial charge in [0.05, 0.1) is 18.7 Å². The Morgan fingerprint density at radius 3 is 2.49 bits per heavy atom. The number of rotatable bonds is 5. The van der Waals surface area contributed by atoms with Gasteiger partial charge in [-0.25, -0.2) is 4.79 Å². The van der Waals surface area contributed by atoms with Crippen molar-refractivity contribution in [1.82, 2.24) is 14.4 Å². The zero-order valence-corrected chi connectivity index (χ0v) is 20.6. The summed E-state index contributed by atoms with van der Waals surface area (Å²) in [6, 6.07) is 18.7. The van der Waals surface area contributed by atoms with E-state index in [1.165, 1.54) is 0 Å². The molecule has 1 aromatic heterocycles. The van der Waals surface area contributed by atoms with Crippen LogP contribution in [0, 0.1) is 0 Å². The van der Waals surface area contributed by atoms with E-state index in [-0.39, 0.29) is 18.5 Å². The fourth-order valence-electron chi connectivity index (χ4n) is 4.61. The fraction of sp³-hybridized carbons (Fsp3) is 0.429. The molecule has 1 unspecified atom stereocenters. The Hall–Kier alpha value is -3.32. The van der Waals surface area contributed by atoms with Crippen molar-refractivity contribution < 1.29 is 19.1 Å². The lowest BCUT2D eigenvalue weighted by molar-refractivity contribution is -0.150. The summed E-state index contributed by atoms with van der Waals surface area (Å²) in [6.07, 6.45) is 3.04. The Kier molecular flexibility index (Phi) is 6.28. The van der Waals surface area contributed by atoms with Crippen LogP contribution in [0.4, 0.5) is 4.79 Å². The third-order valence-corrected chi connectivity index (χ3v) is 6.43. The van der Waals surface area contributed by atoms with Crippen molar-refractivity contribution in [2.75, 3.05) is 19.7 Å². The number of carbonyl (C=O) groups excluding carboxylic acids is 2. The number of para-hydroxylation sites is 2. The minimum absolute atomic E-state index is 0.0581. The average molecular weight is 476 g/mol. The van der Waals surface area contributed by atoms with Crippen LogP contribution in [0.1, 0.15) is 39.2 Å². The molecule has 0 spiro atoms. The summed E-state index contributed by atoms with van der Waals surface area (Å²) in [7, 11) is 0. The van der Waals surface area contributed by atoms with Crippen molar-refractivity contribution in [3.8, 4) is 5.69 Å². The Labute approximate surface area is 206 Å². The molecule has 184 valence electrons. The first-order valence-electron chi connectivity index (χ1n) is 12.3. The van der Waals surface area contributed by atoms with Crippen LogP contribution in [0.15, 0.2) is 60.8 Å². The summed E-state index contributed by atoms with van der Waals surface area (Å²) in [6.45, 7) is 6.99. The third-order valence-electron chi connectivity index (χ3n) is 6.43. The largest absolute Gasteiger partial charge is 0.444 e. The van der Waals surface area contributed by atoms with Crippen molar-refractivity contribution in [2.24, 2.45) is 0 Å². The molecule has 7 nitrogen and oxygen atoms in total. The Balaban J connectivity index is 1.38. The molecule has 5 rings (SSSR count). The second-order valence-electron chi connectivity index (χ2n) is 10.4. The number of benzene rings is 2. The summed E-state index contributed by atoms with van der Waals surface area (Å²) in [5, 5.41) is 1.13. The minimum atomic E-state index is -0.681. The molecule has 2 aliphatic rings. The van der Waals surface area contributed by atoms with Crippen LogP contribution in [0.25, 0.3) is 16.6 Å². The maximum absolute atomic E-state index is 13.7. The van der Waals surface area contributed by atoms with E-state index >= 15 is 0 Å². The van der Waals surface area contributed by atoms with E-state index in [9.17, 15) is 9.59 Å². The SMILES string of the molecule is CC(C)(C)OC(=O)N1CCOC(C(=O)N(Cc2cn(-c3ccccc3)c3ccccc23)C2CC2)C1. The predicted molar refractivity (Wildman–Crippen MR) is 134 cm³/mol. The van der Waals surface area contributed by atoms with Gasteiger partial charge in [0.1, 0.15) is 5.60 Å². The normalized spacial score (nSPS) is 18.5. The zero-order chi connectivity index (χ0) is 24.6. The van der Waals surface area contributed by atoms with E-state index < -0.39 is 17.8 Å². The molecule has 3 aromatic rings. The van der Waals surface area contributed by atoms with Crippen molar-refractivity contribution in [1.29, 1.82) is 0 Å². The molecule has 35 heavy (non-hydrogen) atoms. The van der Waals surface area contributed by atoms with Gasteiger partial charge in [0.2, 0.25) is 0 Å². The van der Waals surface area contributed by atoms with Crippen LogP contribution < -0.4 is 0 Å². The van der Waals surface area contributed by atoms with Crippen molar-refractivity contribution in [3.63, 3.8) is 0 Å². The van der Waals surface area contributed by atoms with E-state index in [0.717, 1.165) is 35.0 Å². The van der Waals surface area contributed by atoms with Crippen LogP contribution in [0.3, 0.4) is 0 Å². The van der Waals surface area contributed by atoms with Gasteiger partial charge in [0.15, 0.2) is 6.10 Å². The average Bonchev–Trinajstić information content (AvgIpc) is 3.63. The fourth-order valence-corrected chi connectivity index (χ4v) is 4.61. The second kappa shape index (κ2) is 9.38. The molecule has 0 radical (unpaired) electrons. The lowest BCUT2D eigenvalue weighted by Gasteiger charge is -2.35. The summed E-state index contributed by atoms with van der Waals surface area (Å²) in [5.41, 5.74) is 2.72. The van der Waals surface area contributed by atoms with Crippen LogP contribution in [0.5, 0.6) is 0 Å². The van der Waals surface area contributed by atoms with Crippen LogP contribution >= 0.6 is 0 Å². The molecular formula is C28H33N3O4. The standard InChI is InChI=1S/C28H33N3O4/c1-28(2,3)35-27(33)29-15-16-34-25(19-29)26(32)31(22-13-14-22)18-20-17-30(21-9-5-4-6-10-21)24-12-8-7-11-23(20)24/h4-12,17,22,25H,13-16,18-19H2,1-3H3. The quantitative estimate of drug-likeness (QED) is 0.534. The number of carbonyl (C=O) groups is 2. The number of aromatic nitrogens is 1. The molecule has 1 aliphatic carbocycles. The molecule has 0 bridgehead atoms. The monoisotopic (exact) mass is 475 g/mol. The Morgan fingerprint density at radius 1 is 1.06 bits per heavy atom. The number of hydrogen-bond acceptors (Lipinski definition) is 4. The van der Waals surface area contributed by atoms with Gasteiger partial charge in [0, 0.05) is 36.4 Å². The molecule has 2 heterocycles. The van der Waals surface area contributed by atoms with Gasteiger partial charge in [-0.3, -0.25) is 4.79 Å². The molecule has 2 fully saturated rings. The molecule has 1 atom stereocenters. The number of amides is 2. The maximum Gasteiger partial charge on any atom is 0.410 e. The molecular weight excluding hydrogens is 442 g/mol. The number of nitrogens with zero attached hydrogens (tertiary/aromatic N) is 3. The molecule has 2 aromatic carbocycles. The van der Waals surface area contributed by atoms with Crippen molar-refractivity contribution >= 4 is 22.9 Å². The molecule has 1 saturated heterocycles. The van der Waals surface area contributed by atoms with E-state index in [2.05, 4.69) is 35.0 Å². The Morgan fingerprint density at radius 2 is 1.77 bits per heavy atom. The van der Waals surface area contributed by atoms with E-state index in [1.807, 2.05) is 56.0 Å². The smallest absolute Gasteiger partial charge is 0.410 e. The minimum Gasteiger partial charge on any atom is -0.444 e. The number of fused-ring (bicyclic) bond motifs is 1. The highest BCUT2D eigenvalue weighted by Crippen LogP contribution is 2.33. The van der Waals surface area contributed by atoms with Crippen LogP contribution in [-0.2, 0) is 20.8 Å². The van der Waals surface area contributed by atoms with E-state index in [4.69, 9.17) is 9.47 Å². The zero-order valence-electron chi connectivity index (χ0n) is 20.6. The molecule has 0 N–H and O–H groups in total. The van der Waals surface area contributed by atoms with Gasteiger partial charge in [-0.2, -0.15) is 0 Å². The van der Waals surface area contributed by atoms with E-state index in [1.54, 1.807) is 4.90 Å². The van der Waals surface area contributed by atoms with Gasteiger partial charge in [-0.15, -0.1) is 0 Å². The highest BCUT2D eigenvalue weighted by molar-refractivity contribution is 5.87. The van der Waals surface area contributed by atoms with Gasteiger partial charge in [0.25, 0.3) is 5.91 Å². The summed E-state index contributed by atoms with van der Waals surface area (Å²) >= 11 is 0. The number of hydrogen-bond donors (Lipinski definition) is 0. The summed E-state index contributed by atoms with van der Waals surface area (Å²) < 4.78 is 13.6. The lowest BCUT2D eigenvalue weighted by atomic mass is 10.1. The first kappa shape index (κ1) is 23.4. The third kappa shape index (κ3) is 5.20. The van der Waals surface area contributed by atoms with Crippen LogP contribution in [0.2, 0.25) is 0 Å². The van der Waals surface area contributed by atoms with Gasteiger partial charge >= 0.3 is 6.09 Å². The summed E-state index contributed by atoms with van der Waals surface area (Å²) in [4.78, 5) is 29.8. The maximum atomic E-state index is 13.7. The molecule has 2 amide bonds. The number of ether oxygens (including phenoxy) is 2. The van der Waals surface area contributed by atoms with Crippen LogP contribution in [-0.4, -0.2) is 63.8 Å². The highest BCUT2D eigenvalue weighted by Gasteiger charge is 2.39. The first-order valence-corrected chi connectivity index (χ1v) is 12.3. The van der Waals surface area contributed by atoms with E-state index in [0.29, 0.717) is 19.7 Å². The van der Waals surface area contributed by atoms with Gasteiger partial charge < -0.3 is 23.8 Å². The number of morpholine rings is 1. The Bertz CT molecular complexity index is 1210. The second-order valence-corrected chi connectivity index (χ2v) is 10.4. The molecule has 7 heteroatoms. The molecule has 1 saturated carbocycles. The van der Waals surface area contributed by atoms with Crippen molar-refractivity contribution in [3.05, 3.63) is 66.4 Å². The van der Waals surface area contributed by atoms with Gasteiger partial charge in [-0.05, 0) is 57.4 Å². The van der Waals surface area contributed by atoms with Gasteiger partial charge in [-0.1, -0.05) is 36.4 Å². The lowest BCUT2D eigenvalue weighted by Crippen LogP contribution is -2.53. The predicted octanol–water partition coefficient (Wildman–Crippen LogP) is 4.76. The first-order chi connectivity index (χ1) is 16.8. The van der Waals surface area contributed by atoms with Crippen molar-refractivity contribution in [2.45, 2.75) is 57.9 Å². The highest BCUT2D eigenvalue weighted by atomic mass is 16.6.